The number of unbranched alkanes of at least 4 members (excludes halogenated alkanes) is 40. The Morgan fingerprint density at radius 2 is 0.529 bits per heavy atom. The summed E-state index contributed by atoms with van der Waals surface area (Å²) >= 11 is 0. The molecule has 0 amide bonds. The van der Waals surface area contributed by atoms with E-state index < -0.39 is 26.5 Å². The first-order valence-corrected chi connectivity index (χ1v) is 44.0. The second kappa shape index (κ2) is 81.0. The molecule has 0 heterocycles. The lowest BCUT2D eigenvalue weighted by Gasteiger charge is -2.28. The number of carbonyl (C=O) groups is 2. The third kappa shape index (κ3) is 84.8. The summed E-state index contributed by atoms with van der Waals surface area (Å²) in [6, 6.07) is 0. The molecule has 10 heteroatoms. The quantitative estimate of drug-likeness (QED) is 0.0195. The number of likely N-dealkylation sites (N-methyl/N-ethyl adjacent to an activating group) is 1. The molecule has 0 aliphatic heterocycles. The number of quaternary nitrogens is 1. The molecular weight excluding hydrogens is 1280 g/mol. The van der Waals surface area contributed by atoms with Gasteiger partial charge in [0.05, 0.1) is 27.7 Å². The van der Waals surface area contributed by atoms with E-state index in [1.54, 1.807) is 0 Å². The van der Waals surface area contributed by atoms with E-state index in [1.807, 2.05) is 21.1 Å². The normalized spacial score (nSPS) is 13.7. The van der Waals surface area contributed by atoms with Gasteiger partial charge in [-0.3, -0.25) is 14.2 Å². The maximum absolute atomic E-state index is 12.9. The Kier molecular flexibility index (Phi) is 77.7. The lowest BCUT2D eigenvalue weighted by molar-refractivity contribution is -0.870. The van der Waals surface area contributed by atoms with Crippen LogP contribution < -0.4 is 4.89 Å². The molecule has 102 heavy (non-hydrogen) atoms. The molecule has 0 saturated heterocycles. The minimum Gasteiger partial charge on any atom is -0.756 e. The van der Waals surface area contributed by atoms with Crippen molar-refractivity contribution in [1.29, 1.82) is 0 Å². The predicted octanol–water partition coefficient (Wildman–Crippen LogP) is 28.2. The first kappa shape index (κ1) is 97.9. The van der Waals surface area contributed by atoms with Gasteiger partial charge in [0, 0.05) is 12.8 Å². The van der Waals surface area contributed by atoms with Crippen molar-refractivity contribution in [2.45, 2.75) is 380 Å². The van der Waals surface area contributed by atoms with E-state index in [4.69, 9.17) is 18.5 Å². The van der Waals surface area contributed by atoms with Gasteiger partial charge in [-0.1, -0.05) is 391 Å². The molecule has 2 atom stereocenters. The number of carbonyl (C=O) groups excluding carboxylic acids is 2. The molecular formula is C92H160NO8P. The Labute approximate surface area is 631 Å². The third-order valence-electron chi connectivity index (χ3n) is 18.4. The van der Waals surface area contributed by atoms with E-state index >= 15 is 0 Å². The Balaban J connectivity index is 3.92. The van der Waals surface area contributed by atoms with Crippen LogP contribution in [0.5, 0.6) is 0 Å². The van der Waals surface area contributed by atoms with Gasteiger partial charge in [-0.05, 0) is 116 Å². The van der Waals surface area contributed by atoms with Crippen molar-refractivity contribution in [3.05, 3.63) is 146 Å². The lowest BCUT2D eigenvalue weighted by atomic mass is 10.0. The molecule has 0 radical (unpaired) electrons. The highest BCUT2D eigenvalue weighted by Gasteiger charge is 2.22. The largest absolute Gasteiger partial charge is 0.756 e. The molecule has 0 aliphatic carbocycles. The number of rotatable bonds is 78. The topological polar surface area (TPSA) is 111 Å². The van der Waals surface area contributed by atoms with Crippen LogP contribution >= 0.6 is 7.82 Å². The van der Waals surface area contributed by atoms with Crippen molar-refractivity contribution in [2.24, 2.45) is 0 Å². The van der Waals surface area contributed by atoms with Crippen molar-refractivity contribution < 1.29 is 42.1 Å². The molecule has 0 aliphatic rings. The standard InChI is InChI=1S/C92H160NO8P/c1-6-8-10-12-14-16-18-20-22-24-26-28-30-32-34-36-38-40-42-44-45-46-47-49-51-53-55-57-59-61-63-65-67-69-71-73-75-77-79-81-83-85-92(95)101-90(89-100-102(96,97)99-87-86-93(3,4)5)88-98-91(94)84-82-80-78-76-74-72-70-68-66-64-62-60-58-56-54-52-50-48-43-41-39-37-35-33-31-29-27-25-23-21-19-17-15-13-11-9-7-2/h8-11,14-17,20-23,26-29,32-35,38,40,44-45,90H,6-7,12-13,18-19,24-25,30-31,36-37,39,41-43,46-89H2,1-5H3/b10-8-,11-9-,16-14-,17-15-,22-20-,23-21-,28-26-,29-27-,34-32-,35-33-,40-38-,45-44-. The van der Waals surface area contributed by atoms with Crippen LogP contribution in [0, 0.1) is 0 Å². The molecule has 0 bridgehead atoms. The van der Waals surface area contributed by atoms with Gasteiger partial charge in [0.15, 0.2) is 6.10 Å². The average Bonchev–Trinajstić information content (AvgIpc) is 0.916. The highest BCUT2D eigenvalue weighted by atomic mass is 31.2. The summed E-state index contributed by atoms with van der Waals surface area (Å²) in [5, 5.41) is 0. The third-order valence-corrected chi connectivity index (χ3v) is 19.3. The van der Waals surface area contributed by atoms with Crippen LogP contribution in [-0.2, 0) is 32.7 Å². The smallest absolute Gasteiger partial charge is 0.306 e. The molecule has 9 nitrogen and oxygen atoms in total. The molecule has 586 valence electrons. The Bertz CT molecular complexity index is 2240. The number of ether oxygens (including phenoxy) is 2. The van der Waals surface area contributed by atoms with Crippen molar-refractivity contribution in [1.82, 2.24) is 0 Å². The van der Waals surface area contributed by atoms with E-state index in [0.717, 1.165) is 116 Å². The van der Waals surface area contributed by atoms with Crippen LogP contribution in [0.4, 0.5) is 0 Å². The highest BCUT2D eigenvalue weighted by Crippen LogP contribution is 2.38. The van der Waals surface area contributed by atoms with Crippen LogP contribution in [0.25, 0.3) is 0 Å². The zero-order valence-electron chi connectivity index (χ0n) is 67.0. The molecule has 0 aromatic heterocycles. The van der Waals surface area contributed by atoms with Gasteiger partial charge in [-0.15, -0.1) is 0 Å². The maximum atomic E-state index is 12.9. The molecule has 0 aromatic rings. The van der Waals surface area contributed by atoms with E-state index in [1.165, 1.54) is 225 Å². The van der Waals surface area contributed by atoms with Crippen molar-refractivity contribution in [2.75, 3.05) is 47.5 Å². The van der Waals surface area contributed by atoms with E-state index in [0.29, 0.717) is 17.4 Å². The van der Waals surface area contributed by atoms with Crippen LogP contribution in [-0.4, -0.2) is 70.0 Å². The SMILES string of the molecule is CC/C=C\C/C=C\C/C=C\C/C=C\C/C=C\C/C=C\C/C=C\CCCCCCCCCCCCCCCCCCCCCC(=O)OC(COC(=O)CCCCCCCCCCCCCCCCCCCCCCC/C=C\C/C=C\C/C=C\C/C=C\C/C=C\CC)COP(=O)([O-])OCC[N+](C)(C)C. The number of allylic oxidation sites excluding steroid dienone is 24. The first-order chi connectivity index (χ1) is 50.0. The molecule has 0 rings (SSSR count). The first-order valence-electron chi connectivity index (χ1n) is 42.5. The molecule has 2 unspecified atom stereocenters. The molecule has 0 spiro atoms. The van der Waals surface area contributed by atoms with Crippen molar-refractivity contribution in [3.8, 4) is 0 Å². The summed E-state index contributed by atoms with van der Waals surface area (Å²) < 4.78 is 34.5. The summed E-state index contributed by atoms with van der Waals surface area (Å²) in [5.74, 6) is -0.819. The van der Waals surface area contributed by atoms with Crippen LogP contribution in [0.1, 0.15) is 373 Å². The number of phosphoric acid groups is 1. The number of phosphoric ester groups is 1. The van der Waals surface area contributed by atoms with Gasteiger partial charge in [0.1, 0.15) is 19.8 Å². The van der Waals surface area contributed by atoms with Gasteiger partial charge < -0.3 is 27.9 Å². The van der Waals surface area contributed by atoms with Gasteiger partial charge in [-0.2, -0.15) is 0 Å². The lowest BCUT2D eigenvalue weighted by Crippen LogP contribution is -2.37. The summed E-state index contributed by atoms with van der Waals surface area (Å²) in [6.45, 7) is 4.05. The second-order valence-electron chi connectivity index (χ2n) is 29.4. The maximum Gasteiger partial charge on any atom is 0.306 e. The zero-order valence-corrected chi connectivity index (χ0v) is 67.9. The van der Waals surface area contributed by atoms with Crippen LogP contribution in [0.3, 0.4) is 0 Å². The molecule has 0 saturated carbocycles. The fraction of sp³-hybridized carbons (Fsp3) is 0.717. The Morgan fingerprint density at radius 3 is 0.784 bits per heavy atom. The van der Waals surface area contributed by atoms with Crippen LogP contribution in [0.15, 0.2) is 146 Å². The number of hydrogen-bond acceptors (Lipinski definition) is 8. The zero-order chi connectivity index (χ0) is 74.0. The highest BCUT2D eigenvalue weighted by molar-refractivity contribution is 7.45. The Hall–Kier alpha value is -4.11. The van der Waals surface area contributed by atoms with E-state index in [-0.39, 0.29) is 32.0 Å². The van der Waals surface area contributed by atoms with Gasteiger partial charge >= 0.3 is 11.9 Å². The van der Waals surface area contributed by atoms with Gasteiger partial charge in [-0.25, -0.2) is 0 Å². The summed E-state index contributed by atoms with van der Waals surface area (Å²) in [7, 11) is 1.17. The van der Waals surface area contributed by atoms with Crippen molar-refractivity contribution in [3.63, 3.8) is 0 Å². The molecule has 0 N–H and O–H groups in total. The minimum absolute atomic E-state index is 0.0326. The van der Waals surface area contributed by atoms with Crippen molar-refractivity contribution >= 4 is 19.8 Å². The number of hydrogen-bond donors (Lipinski definition) is 0. The average molecular weight is 1440 g/mol. The van der Waals surface area contributed by atoms with Gasteiger partial charge in [0.25, 0.3) is 7.82 Å². The minimum atomic E-state index is -4.65. The summed E-state index contributed by atoms with van der Waals surface area (Å²) in [4.78, 5) is 38.2. The predicted molar refractivity (Wildman–Crippen MR) is 443 cm³/mol. The molecule has 0 fully saturated rings. The summed E-state index contributed by atoms with van der Waals surface area (Å²) in [6.07, 6.45) is 120. The van der Waals surface area contributed by atoms with E-state index in [9.17, 15) is 19.0 Å². The fourth-order valence-corrected chi connectivity index (χ4v) is 12.7. The Morgan fingerprint density at radius 1 is 0.304 bits per heavy atom. The fourth-order valence-electron chi connectivity index (χ4n) is 12.0. The second-order valence-corrected chi connectivity index (χ2v) is 30.8. The number of nitrogens with zero attached hydrogens (tertiary/aromatic N) is 1. The molecule has 0 aromatic carbocycles. The van der Waals surface area contributed by atoms with E-state index in [2.05, 4.69) is 160 Å². The van der Waals surface area contributed by atoms with Crippen LogP contribution in [0.2, 0.25) is 0 Å². The van der Waals surface area contributed by atoms with Gasteiger partial charge in [0.2, 0.25) is 0 Å². The summed E-state index contributed by atoms with van der Waals surface area (Å²) in [5.41, 5.74) is 0. The monoisotopic (exact) mass is 1440 g/mol. The number of esters is 2.